The number of hydrogen-bond acceptors (Lipinski definition) is 5. The van der Waals surface area contributed by atoms with Crippen molar-refractivity contribution in [1.29, 1.82) is 0 Å². The van der Waals surface area contributed by atoms with E-state index in [1.165, 1.54) is 29.4 Å². The number of aryl methyl sites for hydroxylation is 2. The van der Waals surface area contributed by atoms with Crippen LogP contribution in [0.5, 0.6) is 5.75 Å². The summed E-state index contributed by atoms with van der Waals surface area (Å²) in [6.45, 7) is 3.68. The van der Waals surface area contributed by atoms with Crippen molar-refractivity contribution in [3.8, 4) is 16.2 Å². The Bertz CT molecular complexity index is 1230. The lowest BCUT2D eigenvalue weighted by Crippen LogP contribution is -2.37. The number of hydrogen-bond donors (Lipinski definition) is 2. The van der Waals surface area contributed by atoms with Gasteiger partial charge in [-0.3, -0.25) is 14.4 Å². The van der Waals surface area contributed by atoms with Crippen LogP contribution in [0.1, 0.15) is 34.6 Å². The second-order valence-electron chi connectivity index (χ2n) is 8.11. The maximum atomic E-state index is 13.2. The monoisotopic (exact) mass is 477 g/mol. The standard InChI is InChI=1S/C26H27N3O4S/c1-4-29(15-24(31)28-20-9-7-19(8-10-20)27-16(2)30)26(32)23-14-18-6-5-17-13-21(33-3)11-12-22(17)25(18)34-23/h7-14H,4-6,15H2,1-3H3,(H,27,30)(H,28,31). The average Bonchev–Trinajstić information content (AvgIpc) is 3.27. The van der Waals surface area contributed by atoms with Gasteiger partial charge in [-0.25, -0.2) is 0 Å². The van der Waals surface area contributed by atoms with Gasteiger partial charge in [0.2, 0.25) is 11.8 Å². The Morgan fingerprint density at radius 3 is 2.29 bits per heavy atom. The summed E-state index contributed by atoms with van der Waals surface area (Å²) in [5.74, 6) is 0.254. The SMILES string of the molecule is CCN(CC(=O)Nc1ccc(NC(C)=O)cc1)C(=O)c1cc2c(s1)-c1ccc(OC)cc1CC2. The Labute approximate surface area is 202 Å². The van der Waals surface area contributed by atoms with Gasteiger partial charge in [0.1, 0.15) is 12.3 Å². The Morgan fingerprint density at radius 1 is 0.971 bits per heavy atom. The van der Waals surface area contributed by atoms with E-state index in [-0.39, 0.29) is 24.3 Å². The second-order valence-corrected chi connectivity index (χ2v) is 9.17. The van der Waals surface area contributed by atoms with Crippen LogP contribution < -0.4 is 15.4 Å². The average molecular weight is 478 g/mol. The maximum Gasteiger partial charge on any atom is 0.264 e. The Kier molecular flexibility index (Phi) is 6.98. The van der Waals surface area contributed by atoms with Crippen molar-refractivity contribution in [1.82, 2.24) is 4.90 Å². The molecule has 0 unspecified atom stereocenters. The van der Waals surface area contributed by atoms with Crippen LogP contribution in [0.4, 0.5) is 11.4 Å². The van der Waals surface area contributed by atoms with Crippen LogP contribution in [0, 0.1) is 0 Å². The molecule has 0 atom stereocenters. The molecule has 0 saturated heterocycles. The molecule has 0 fully saturated rings. The molecule has 7 nitrogen and oxygen atoms in total. The lowest BCUT2D eigenvalue weighted by molar-refractivity contribution is -0.117. The smallest absolute Gasteiger partial charge is 0.264 e. The Hall–Kier alpha value is -3.65. The summed E-state index contributed by atoms with van der Waals surface area (Å²) in [5.41, 5.74) is 4.79. The molecule has 1 aromatic heterocycles. The number of rotatable bonds is 7. The lowest BCUT2D eigenvalue weighted by Gasteiger charge is -2.19. The zero-order chi connectivity index (χ0) is 24.2. The fourth-order valence-electron chi connectivity index (χ4n) is 4.04. The van der Waals surface area contributed by atoms with Crippen LogP contribution in [0.2, 0.25) is 0 Å². The predicted molar refractivity (Wildman–Crippen MR) is 135 cm³/mol. The minimum absolute atomic E-state index is 0.0425. The number of fused-ring (bicyclic) bond motifs is 3. The van der Waals surface area contributed by atoms with Crippen LogP contribution in [0.15, 0.2) is 48.5 Å². The number of nitrogens with zero attached hydrogens (tertiary/aromatic N) is 1. The minimum atomic E-state index is -0.277. The van der Waals surface area contributed by atoms with Crippen molar-refractivity contribution in [3.63, 3.8) is 0 Å². The van der Waals surface area contributed by atoms with Crippen molar-refractivity contribution < 1.29 is 19.1 Å². The molecule has 0 aliphatic heterocycles. The fraction of sp³-hybridized carbons (Fsp3) is 0.269. The van der Waals surface area contributed by atoms with E-state index in [9.17, 15) is 14.4 Å². The molecule has 0 radical (unpaired) electrons. The summed E-state index contributed by atoms with van der Waals surface area (Å²) in [6.07, 6.45) is 1.78. The number of likely N-dealkylation sites (N-methyl/N-ethyl adjacent to an activating group) is 1. The van der Waals surface area contributed by atoms with Gasteiger partial charge in [0.05, 0.1) is 12.0 Å². The maximum absolute atomic E-state index is 13.2. The first-order chi connectivity index (χ1) is 16.4. The summed E-state index contributed by atoms with van der Waals surface area (Å²) >= 11 is 1.48. The predicted octanol–water partition coefficient (Wildman–Crippen LogP) is 4.58. The van der Waals surface area contributed by atoms with Gasteiger partial charge in [0, 0.05) is 29.7 Å². The van der Waals surface area contributed by atoms with Gasteiger partial charge in [-0.05, 0) is 85.0 Å². The zero-order valence-corrected chi connectivity index (χ0v) is 20.3. The molecule has 3 aromatic rings. The molecule has 34 heavy (non-hydrogen) atoms. The van der Waals surface area contributed by atoms with Crippen LogP contribution in [0.25, 0.3) is 10.4 Å². The van der Waals surface area contributed by atoms with E-state index in [1.54, 1.807) is 36.3 Å². The first-order valence-electron chi connectivity index (χ1n) is 11.1. The van der Waals surface area contributed by atoms with Crippen LogP contribution in [0.3, 0.4) is 0 Å². The molecule has 0 saturated carbocycles. The minimum Gasteiger partial charge on any atom is -0.497 e. The van der Waals surface area contributed by atoms with Gasteiger partial charge in [-0.2, -0.15) is 0 Å². The highest BCUT2D eigenvalue weighted by atomic mass is 32.1. The summed E-state index contributed by atoms with van der Waals surface area (Å²) in [6, 6.07) is 14.9. The molecular weight excluding hydrogens is 450 g/mol. The summed E-state index contributed by atoms with van der Waals surface area (Å²) in [5, 5.41) is 5.49. The van der Waals surface area contributed by atoms with Crippen LogP contribution >= 0.6 is 11.3 Å². The molecule has 4 rings (SSSR count). The molecular formula is C26H27N3O4S. The van der Waals surface area contributed by atoms with E-state index >= 15 is 0 Å². The summed E-state index contributed by atoms with van der Waals surface area (Å²) < 4.78 is 5.35. The molecule has 0 spiro atoms. The number of anilines is 2. The number of ether oxygens (including phenoxy) is 1. The van der Waals surface area contributed by atoms with Gasteiger partial charge < -0.3 is 20.3 Å². The highest BCUT2D eigenvalue weighted by Gasteiger charge is 2.25. The summed E-state index contributed by atoms with van der Waals surface area (Å²) in [4.78, 5) is 40.3. The quantitative estimate of drug-likeness (QED) is 0.521. The molecule has 1 aliphatic rings. The summed E-state index contributed by atoms with van der Waals surface area (Å²) in [7, 11) is 1.66. The Balaban J connectivity index is 1.44. The molecule has 1 aliphatic carbocycles. The van der Waals surface area contributed by atoms with Crippen LogP contribution in [-0.4, -0.2) is 42.8 Å². The van der Waals surface area contributed by atoms with Crippen molar-refractivity contribution in [2.75, 3.05) is 30.8 Å². The third kappa shape index (κ3) is 5.12. The van der Waals surface area contributed by atoms with Gasteiger partial charge in [-0.15, -0.1) is 11.3 Å². The zero-order valence-electron chi connectivity index (χ0n) is 19.4. The van der Waals surface area contributed by atoms with E-state index in [4.69, 9.17) is 4.74 Å². The Morgan fingerprint density at radius 2 is 1.65 bits per heavy atom. The molecule has 0 bridgehead atoms. The number of methoxy groups -OCH3 is 1. The molecule has 1 heterocycles. The molecule has 176 valence electrons. The highest BCUT2D eigenvalue weighted by Crippen LogP contribution is 2.41. The van der Waals surface area contributed by atoms with E-state index in [1.807, 2.05) is 19.1 Å². The third-order valence-corrected chi connectivity index (χ3v) is 6.93. The van der Waals surface area contributed by atoms with E-state index in [2.05, 4.69) is 22.8 Å². The number of amides is 3. The second kappa shape index (κ2) is 10.1. The topological polar surface area (TPSA) is 87.7 Å². The van der Waals surface area contributed by atoms with Crippen molar-refractivity contribution in [2.45, 2.75) is 26.7 Å². The van der Waals surface area contributed by atoms with Gasteiger partial charge in [0.15, 0.2) is 0 Å². The number of carbonyl (C=O) groups excluding carboxylic acids is 3. The largest absolute Gasteiger partial charge is 0.497 e. The van der Waals surface area contributed by atoms with Crippen LogP contribution in [-0.2, 0) is 22.4 Å². The molecule has 8 heteroatoms. The van der Waals surface area contributed by atoms with E-state index in [0.717, 1.165) is 29.0 Å². The molecule has 3 amide bonds. The highest BCUT2D eigenvalue weighted by molar-refractivity contribution is 7.17. The number of thiophene rings is 1. The molecule has 2 N–H and O–H groups in total. The van der Waals surface area contributed by atoms with Gasteiger partial charge in [-0.1, -0.05) is 0 Å². The normalized spacial score (nSPS) is 11.7. The first-order valence-corrected chi connectivity index (χ1v) is 12.0. The number of carbonyl (C=O) groups is 3. The lowest BCUT2D eigenvalue weighted by atomic mass is 9.91. The van der Waals surface area contributed by atoms with Crippen molar-refractivity contribution in [2.24, 2.45) is 0 Å². The first kappa shape index (κ1) is 23.5. The third-order valence-electron chi connectivity index (χ3n) is 5.73. The fourth-order valence-corrected chi connectivity index (χ4v) is 5.28. The van der Waals surface area contributed by atoms with Gasteiger partial charge >= 0.3 is 0 Å². The van der Waals surface area contributed by atoms with Crippen molar-refractivity contribution >= 4 is 40.4 Å². The van der Waals surface area contributed by atoms with E-state index in [0.29, 0.717) is 22.8 Å². The molecule has 2 aromatic carbocycles. The van der Waals surface area contributed by atoms with Crippen molar-refractivity contribution in [3.05, 3.63) is 64.5 Å². The number of nitrogens with one attached hydrogen (secondary N) is 2. The van der Waals surface area contributed by atoms with Gasteiger partial charge in [0.25, 0.3) is 5.91 Å². The van der Waals surface area contributed by atoms with E-state index < -0.39 is 0 Å². The number of benzene rings is 2.